The van der Waals surface area contributed by atoms with Crippen LogP contribution in [0.15, 0.2) is 40.9 Å². The summed E-state index contributed by atoms with van der Waals surface area (Å²) in [5.74, 6) is 1.59. The first-order valence-corrected chi connectivity index (χ1v) is 7.62. The van der Waals surface area contributed by atoms with Crippen molar-refractivity contribution in [1.82, 2.24) is 5.32 Å². The summed E-state index contributed by atoms with van der Waals surface area (Å²) < 4.78 is 11.7. The number of methoxy groups -OCH3 is 2. The standard InChI is InChI=1S/C16H17BrClNO2/c1-19-16(10-4-6-13(17)14(18)8-10)12-9-11(20-2)5-7-15(12)21-3/h4-9,16,19H,1-3H3. The van der Waals surface area contributed by atoms with Crippen LogP contribution in [0.25, 0.3) is 0 Å². The van der Waals surface area contributed by atoms with Crippen LogP contribution in [0, 0.1) is 0 Å². The molecular formula is C16H17BrClNO2. The minimum atomic E-state index is -0.0411. The van der Waals surface area contributed by atoms with E-state index < -0.39 is 0 Å². The van der Waals surface area contributed by atoms with Crippen molar-refractivity contribution < 1.29 is 9.47 Å². The van der Waals surface area contributed by atoms with E-state index in [1.54, 1.807) is 14.2 Å². The molecule has 0 aromatic heterocycles. The fourth-order valence-electron chi connectivity index (χ4n) is 2.26. The minimum Gasteiger partial charge on any atom is -0.497 e. The Morgan fingerprint density at radius 3 is 2.43 bits per heavy atom. The van der Waals surface area contributed by atoms with Crippen molar-refractivity contribution in [2.45, 2.75) is 6.04 Å². The lowest BCUT2D eigenvalue weighted by Gasteiger charge is -2.21. The highest BCUT2D eigenvalue weighted by Crippen LogP contribution is 2.35. The number of hydrogen-bond acceptors (Lipinski definition) is 3. The molecule has 21 heavy (non-hydrogen) atoms. The van der Waals surface area contributed by atoms with Crippen LogP contribution < -0.4 is 14.8 Å². The van der Waals surface area contributed by atoms with Crippen molar-refractivity contribution in [2.24, 2.45) is 0 Å². The van der Waals surface area contributed by atoms with Gasteiger partial charge in [-0.1, -0.05) is 17.7 Å². The minimum absolute atomic E-state index is 0.0411. The first-order valence-electron chi connectivity index (χ1n) is 6.44. The lowest BCUT2D eigenvalue weighted by molar-refractivity contribution is 0.395. The van der Waals surface area contributed by atoms with Gasteiger partial charge in [-0.3, -0.25) is 0 Å². The molecule has 2 rings (SSSR count). The zero-order chi connectivity index (χ0) is 15.4. The molecule has 5 heteroatoms. The third-order valence-corrected chi connectivity index (χ3v) is 4.55. The monoisotopic (exact) mass is 369 g/mol. The number of ether oxygens (including phenoxy) is 2. The molecule has 0 saturated carbocycles. The Kier molecular flexibility index (Phi) is 5.51. The largest absolute Gasteiger partial charge is 0.497 e. The van der Waals surface area contributed by atoms with Crippen molar-refractivity contribution in [2.75, 3.05) is 21.3 Å². The molecule has 1 unspecified atom stereocenters. The summed E-state index contributed by atoms with van der Waals surface area (Å²) in [5.41, 5.74) is 2.05. The summed E-state index contributed by atoms with van der Waals surface area (Å²) in [6, 6.07) is 11.6. The van der Waals surface area contributed by atoms with Crippen LogP contribution in [0.3, 0.4) is 0 Å². The van der Waals surface area contributed by atoms with Gasteiger partial charge < -0.3 is 14.8 Å². The van der Waals surface area contributed by atoms with Gasteiger partial charge in [0.05, 0.1) is 25.3 Å². The third kappa shape index (κ3) is 3.51. The molecule has 0 spiro atoms. The van der Waals surface area contributed by atoms with E-state index in [1.807, 2.05) is 43.4 Å². The van der Waals surface area contributed by atoms with Crippen LogP contribution in [0.5, 0.6) is 11.5 Å². The molecule has 0 fully saturated rings. The van der Waals surface area contributed by atoms with E-state index in [1.165, 1.54) is 0 Å². The Balaban J connectivity index is 2.51. The number of rotatable bonds is 5. The molecule has 2 aromatic rings. The van der Waals surface area contributed by atoms with Gasteiger partial charge in [0.2, 0.25) is 0 Å². The second-order valence-corrected chi connectivity index (χ2v) is 5.76. The molecule has 0 bridgehead atoms. The molecule has 0 aliphatic rings. The van der Waals surface area contributed by atoms with E-state index in [4.69, 9.17) is 21.1 Å². The van der Waals surface area contributed by atoms with Crippen LogP contribution in [-0.4, -0.2) is 21.3 Å². The molecule has 0 radical (unpaired) electrons. The normalized spacial score (nSPS) is 12.0. The highest BCUT2D eigenvalue weighted by Gasteiger charge is 2.18. The van der Waals surface area contributed by atoms with Crippen molar-refractivity contribution in [3.63, 3.8) is 0 Å². The van der Waals surface area contributed by atoms with Gasteiger partial charge in [-0.25, -0.2) is 0 Å². The van der Waals surface area contributed by atoms with Gasteiger partial charge >= 0.3 is 0 Å². The molecule has 1 atom stereocenters. The van der Waals surface area contributed by atoms with Gasteiger partial charge in [-0.05, 0) is 58.9 Å². The maximum absolute atomic E-state index is 6.20. The molecule has 0 saturated heterocycles. The molecule has 2 aromatic carbocycles. The maximum Gasteiger partial charge on any atom is 0.124 e. The van der Waals surface area contributed by atoms with E-state index in [0.717, 1.165) is 27.1 Å². The predicted molar refractivity (Wildman–Crippen MR) is 89.6 cm³/mol. The Bertz CT molecular complexity index is 634. The summed E-state index contributed by atoms with van der Waals surface area (Å²) >= 11 is 9.61. The summed E-state index contributed by atoms with van der Waals surface area (Å²) in [6.07, 6.45) is 0. The van der Waals surface area contributed by atoms with Crippen LogP contribution in [-0.2, 0) is 0 Å². The second-order valence-electron chi connectivity index (χ2n) is 4.50. The molecule has 0 heterocycles. The zero-order valence-corrected chi connectivity index (χ0v) is 14.5. The van der Waals surface area contributed by atoms with Crippen LogP contribution >= 0.6 is 27.5 Å². The van der Waals surface area contributed by atoms with E-state index >= 15 is 0 Å². The maximum atomic E-state index is 6.20. The highest BCUT2D eigenvalue weighted by atomic mass is 79.9. The van der Waals surface area contributed by atoms with Crippen molar-refractivity contribution in [3.8, 4) is 11.5 Å². The van der Waals surface area contributed by atoms with E-state index in [2.05, 4.69) is 21.2 Å². The Morgan fingerprint density at radius 1 is 1.10 bits per heavy atom. The lowest BCUT2D eigenvalue weighted by Crippen LogP contribution is -2.18. The number of nitrogens with one attached hydrogen (secondary N) is 1. The molecule has 0 aliphatic heterocycles. The molecule has 0 amide bonds. The first kappa shape index (κ1) is 16.1. The van der Waals surface area contributed by atoms with Crippen LogP contribution in [0.4, 0.5) is 0 Å². The Hall–Kier alpha value is -1.23. The quantitative estimate of drug-likeness (QED) is 0.844. The fraction of sp³-hybridized carbons (Fsp3) is 0.250. The SMILES string of the molecule is CNC(c1ccc(Br)c(Cl)c1)c1cc(OC)ccc1OC. The lowest BCUT2D eigenvalue weighted by atomic mass is 9.97. The summed E-state index contributed by atoms with van der Waals surface area (Å²) in [6.45, 7) is 0. The number of benzene rings is 2. The second kappa shape index (κ2) is 7.16. The molecular weight excluding hydrogens is 354 g/mol. The average molecular weight is 371 g/mol. The van der Waals surface area contributed by atoms with Crippen molar-refractivity contribution in [1.29, 1.82) is 0 Å². The summed E-state index contributed by atoms with van der Waals surface area (Å²) in [5, 5.41) is 3.97. The van der Waals surface area contributed by atoms with Crippen molar-refractivity contribution >= 4 is 27.5 Å². The van der Waals surface area contributed by atoms with Gasteiger partial charge in [0.1, 0.15) is 11.5 Å². The fourth-order valence-corrected chi connectivity index (χ4v) is 2.69. The Labute approximate surface area is 138 Å². The third-order valence-electron chi connectivity index (χ3n) is 3.31. The van der Waals surface area contributed by atoms with Gasteiger partial charge in [-0.2, -0.15) is 0 Å². The highest BCUT2D eigenvalue weighted by molar-refractivity contribution is 9.10. The Morgan fingerprint density at radius 2 is 1.86 bits per heavy atom. The van der Waals surface area contributed by atoms with Crippen LogP contribution in [0.1, 0.15) is 17.2 Å². The molecule has 1 N–H and O–H groups in total. The number of halogens is 2. The van der Waals surface area contributed by atoms with Gasteiger partial charge in [0, 0.05) is 10.0 Å². The van der Waals surface area contributed by atoms with E-state index in [-0.39, 0.29) is 6.04 Å². The van der Waals surface area contributed by atoms with E-state index in [9.17, 15) is 0 Å². The first-order chi connectivity index (χ1) is 10.1. The van der Waals surface area contributed by atoms with Gasteiger partial charge in [0.25, 0.3) is 0 Å². The zero-order valence-electron chi connectivity index (χ0n) is 12.1. The average Bonchev–Trinajstić information content (AvgIpc) is 2.51. The van der Waals surface area contributed by atoms with Gasteiger partial charge in [-0.15, -0.1) is 0 Å². The van der Waals surface area contributed by atoms with E-state index in [0.29, 0.717) is 5.02 Å². The predicted octanol–water partition coefficient (Wildman–Crippen LogP) is 4.43. The molecule has 0 aliphatic carbocycles. The van der Waals surface area contributed by atoms with Crippen molar-refractivity contribution in [3.05, 3.63) is 57.0 Å². The number of hydrogen-bond donors (Lipinski definition) is 1. The summed E-state index contributed by atoms with van der Waals surface area (Å²) in [7, 11) is 5.21. The molecule has 112 valence electrons. The topological polar surface area (TPSA) is 30.5 Å². The van der Waals surface area contributed by atoms with Crippen LogP contribution in [0.2, 0.25) is 5.02 Å². The summed E-state index contributed by atoms with van der Waals surface area (Å²) in [4.78, 5) is 0. The van der Waals surface area contributed by atoms with Gasteiger partial charge in [0.15, 0.2) is 0 Å². The molecule has 3 nitrogen and oxygen atoms in total. The smallest absolute Gasteiger partial charge is 0.124 e.